The smallest absolute Gasteiger partial charge is 0.310 e. The maximum atomic E-state index is 11.1. The zero-order chi connectivity index (χ0) is 10.6. The highest BCUT2D eigenvalue weighted by molar-refractivity contribution is 6.34. The molecule has 0 bridgehead atoms. The lowest BCUT2D eigenvalue weighted by molar-refractivity contribution is -0.142. The van der Waals surface area contributed by atoms with Crippen molar-refractivity contribution >= 4 is 29.2 Å². The molecule has 1 aromatic carbocycles. The van der Waals surface area contributed by atoms with Gasteiger partial charge in [-0.1, -0.05) is 23.2 Å². The molecule has 0 aliphatic heterocycles. The summed E-state index contributed by atoms with van der Waals surface area (Å²) in [5.41, 5.74) is 0.765. The molecule has 0 amide bonds. The summed E-state index contributed by atoms with van der Waals surface area (Å²) in [5.74, 6) is -0.272. The van der Waals surface area contributed by atoms with Crippen LogP contribution in [0.2, 0.25) is 10.0 Å². The predicted octanol–water partition coefficient (Wildman–Crippen LogP) is 3.10. The standard InChI is InChI=1S/C10H10Cl2O2/c1-2-14-10(13)5-7-3-8(11)6-9(12)4-7/h3-4,6H,2,5H2,1H3. The number of rotatable bonds is 3. The van der Waals surface area contributed by atoms with Gasteiger partial charge in [0, 0.05) is 10.0 Å². The summed E-state index contributed by atoms with van der Waals surface area (Å²) in [7, 11) is 0. The minimum absolute atomic E-state index is 0.202. The molecular weight excluding hydrogens is 223 g/mol. The first-order valence-corrected chi connectivity index (χ1v) is 4.98. The molecule has 0 spiro atoms. The Labute approximate surface area is 92.8 Å². The fourth-order valence-corrected chi connectivity index (χ4v) is 1.66. The lowest BCUT2D eigenvalue weighted by Gasteiger charge is -2.03. The summed E-state index contributed by atoms with van der Waals surface area (Å²) in [6.45, 7) is 2.15. The van der Waals surface area contributed by atoms with Crippen LogP contribution >= 0.6 is 23.2 Å². The fraction of sp³-hybridized carbons (Fsp3) is 0.300. The van der Waals surface area contributed by atoms with Crippen molar-refractivity contribution in [2.24, 2.45) is 0 Å². The van der Waals surface area contributed by atoms with Crippen molar-refractivity contribution in [1.82, 2.24) is 0 Å². The third-order valence-electron chi connectivity index (χ3n) is 1.58. The molecule has 4 heteroatoms. The van der Waals surface area contributed by atoms with Gasteiger partial charge in [0.2, 0.25) is 0 Å². The Kier molecular flexibility index (Phi) is 4.23. The third kappa shape index (κ3) is 3.56. The molecule has 2 nitrogen and oxygen atoms in total. The van der Waals surface area contributed by atoms with Crippen LogP contribution in [-0.2, 0) is 16.0 Å². The van der Waals surface area contributed by atoms with Gasteiger partial charge in [0.15, 0.2) is 0 Å². The molecule has 0 fully saturated rings. The number of halogens is 2. The monoisotopic (exact) mass is 232 g/mol. The third-order valence-corrected chi connectivity index (χ3v) is 2.01. The highest BCUT2D eigenvalue weighted by Gasteiger charge is 2.05. The van der Waals surface area contributed by atoms with Gasteiger partial charge in [-0.05, 0) is 30.7 Å². The molecule has 0 N–H and O–H groups in total. The second kappa shape index (κ2) is 5.23. The van der Waals surface area contributed by atoms with E-state index in [9.17, 15) is 4.79 Å². The summed E-state index contributed by atoms with van der Waals surface area (Å²) in [4.78, 5) is 11.1. The molecule has 0 radical (unpaired) electrons. The van der Waals surface area contributed by atoms with Crippen LogP contribution in [0.3, 0.4) is 0 Å². The molecule has 0 saturated carbocycles. The fourth-order valence-electron chi connectivity index (χ4n) is 1.09. The van der Waals surface area contributed by atoms with Crippen LogP contribution in [0.5, 0.6) is 0 Å². The molecule has 0 aromatic heterocycles. The van der Waals surface area contributed by atoms with Crippen molar-refractivity contribution in [1.29, 1.82) is 0 Å². The molecule has 14 heavy (non-hydrogen) atoms. The highest BCUT2D eigenvalue weighted by Crippen LogP contribution is 2.19. The summed E-state index contributed by atoms with van der Waals surface area (Å²) < 4.78 is 4.80. The Balaban J connectivity index is 2.71. The Morgan fingerprint density at radius 2 is 1.86 bits per heavy atom. The van der Waals surface area contributed by atoms with E-state index in [1.165, 1.54) is 0 Å². The lowest BCUT2D eigenvalue weighted by Crippen LogP contribution is -2.07. The van der Waals surface area contributed by atoms with Crippen LogP contribution < -0.4 is 0 Å². The first-order chi connectivity index (χ1) is 6.61. The largest absolute Gasteiger partial charge is 0.466 e. The van der Waals surface area contributed by atoms with Gasteiger partial charge in [0.05, 0.1) is 13.0 Å². The van der Waals surface area contributed by atoms with Crippen molar-refractivity contribution in [3.05, 3.63) is 33.8 Å². The Bertz CT molecular complexity index is 317. The van der Waals surface area contributed by atoms with Crippen molar-refractivity contribution in [3.8, 4) is 0 Å². The second-order valence-electron chi connectivity index (χ2n) is 2.76. The van der Waals surface area contributed by atoms with E-state index < -0.39 is 0 Å². The first-order valence-electron chi connectivity index (χ1n) is 4.22. The quantitative estimate of drug-likeness (QED) is 0.750. The van der Waals surface area contributed by atoms with E-state index in [0.717, 1.165) is 5.56 Å². The summed E-state index contributed by atoms with van der Waals surface area (Å²) in [6.07, 6.45) is 0.202. The first kappa shape index (κ1) is 11.3. The molecule has 76 valence electrons. The molecule has 1 aromatic rings. The molecule has 0 aliphatic rings. The second-order valence-corrected chi connectivity index (χ2v) is 3.63. The van der Waals surface area contributed by atoms with E-state index in [0.29, 0.717) is 16.7 Å². The molecule has 1 rings (SSSR count). The average molecular weight is 233 g/mol. The van der Waals surface area contributed by atoms with Crippen LogP contribution in [-0.4, -0.2) is 12.6 Å². The number of carbonyl (C=O) groups excluding carboxylic acids is 1. The van der Waals surface area contributed by atoms with Gasteiger partial charge in [-0.2, -0.15) is 0 Å². The number of hydrogen-bond acceptors (Lipinski definition) is 2. The zero-order valence-corrected chi connectivity index (χ0v) is 9.23. The minimum Gasteiger partial charge on any atom is -0.466 e. The zero-order valence-electron chi connectivity index (χ0n) is 7.72. The predicted molar refractivity (Wildman–Crippen MR) is 56.8 cm³/mol. The summed E-state index contributed by atoms with van der Waals surface area (Å²) in [5, 5.41) is 1.05. The van der Waals surface area contributed by atoms with Crippen molar-refractivity contribution in [2.45, 2.75) is 13.3 Å². The van der Waals surface area contributed by atoms with Gasteiger partial charge in [0.1, 0.15) is 0 Å². The lowest BCUT2D eigenvalue weighted by atomic mass is 10.1. The van der Waals surface area contributed by atoms with Gasteiger partial charge >= 0.3 is 5.97 Å². The Morgan fingerprint density at radius 3 is 2.36 bits per heavy atom. The molecule has 0 atom stereocenters. The van der Waals surface area contributed by atoms with Gasteiger partial charge in [0.25, 0.3) is 0 Å². The van der Waals surface area contributed by atoms with Crippen molar-refractivity contribution in [3.63, 3.8) is 0 Å². The van der Waals surface area contributed by atoms with Gasteiger partial charge in [-0.25, -0.2) is 0 Å². The maximum absolute atomic E-state index is 11.1. The van der Waals surface area contributed by atoms with Gasteiger partial charge in [-0.3, -0.25) is 4.79 Å². The van der Waals surface area contributed by atoms with E-state index in [2.05, 4.69) is 0 Å². The number of benzene rings is 1. The normalized spacial score (nSPS) is 9.93. The average Bonchev–Trinajstić information content (AvgIpc) is 2.01. The summed E-state index contributed by atoms with van der Waals surface area (Å²) in [6, 6.07) is 5.02. The topological polar surface area (TPSA) is 26.3 Å². The number of hydrogen-bond donors (Lipinski definition) is 0. The minimum atomic E-state index is -0.272. The van der Waals surface area contributed by atoms with E-state index in [1.54, 1.807) is 25.1 Å². The van der Waals surface area contributed by atoms with Crippen LogP contribution in [0.4, 0.5) is 0 Å². The van der Waals surface area contributed by atoms with E-state index >= 15 is 0 Å². The van der Waals surface area contributed by atoms with Crippen molar-refractivity contribution in [2.75, 3.05) is 6.61 Å². The molecular formula is C10H10Cl2O2. The Morgan fingerprint density at radius 1 is 1.29 bits per heavy atom. The Hall–Kier alpha value is -0.730. The van der Waals surface area contributed by atoms with Crippen LogP contribution in [0, 0.1) is 0 Å². The van der Waals surface area contributed by atoms with Crippen molar-refractivity contribution < 1.29 is 9.53 Å². The highest BCUT2D eigenvalue weighted by atomic mass is 35.5. The van der Waals surface area contributed by atoms with Crippen LogP contribution in [0.25, 0.3) is 0 Å². The van der Waals surface area contributed by atoms with Crippen LogP contribution in [0.15, 0.2) is 18.2 Å². The SMILES string of the molecule is CCOC(=O)Cc1cc(Cl)cc(Cl)c1. The molecule has 0 saturated heterocycles. The number of carbonyl (C=O) groups is 1. The van der Waals surface area contributed by atoms with E-state index in [-0.39, 0.29) is 12.4 Å². The molecule has 0 aliphatic carbocycles. The number of ether oxygens (including phenoxy) is 1. The molecule has 0 heterocycles. The van der Waals surface area contributed by atoms with Gasteiger partial charge < -0.3 is 4.74 Å². The molecule has 0 unspecified atom stereocenters. The van der Waals surface area contributed by atoms with Crippen LogP contribution in [0.1, 0.15) is 12.5 Å². The summed E-state index contributed by atoms with van der Waals surface area (Å²) >= 11 is 11.5. The van der Waals surface area contributed by atoms with E-state index in [1.807, 2.05) is 0 Å². The number of esters is 1. The van der Waals surface area contributed by atoms with E-state index in [4.69, 9.17) is 27.9 Å². The maximum Gasteiger partial charge on any atom is 0.310 e. The van der Waals surface area contributed by atoms with Gasteiger partial charge in [-0.15, -0.1) is 0 Å².